The minimum Gasteiger partial charge on any atom is -0.508 e. The molecule has 2 atom stereocenters. The molecule has 6 heteroatoms. The van der Waals surface area contributed by atoms with Gasteiger partial charge in [-0.2, -0.15) is 0 Å². The van der Waals surface area contributed by atoms with E-state index in [1.807, 2.05) is 12.1 Å². The molecule has 0 saturated heterocycles. The molecule has 0 radical (unpaired) electrons. The third kappa shape index (κ3) is 8.88. The van der Waals surface area contributed by atoms with E-state index < -0.39 is 0 Å². The number of hydrogen-bond acceptors (Lipinski definition) is 6. The van der Waals surface area contributed by atoms with Crippen molar-refractivity contribution < 1.29 is 5.11 Å². The molecule has 136 valence electrons. The summed E-state index contributed by atoms with van der Waals surface area (Å²) in [7, 11) is 0. The molecule has 8 N–H and O–H groups in total. The number of phenols is 1. The molecule has 0 aliphatic heterocycles. The highest BCUT2D eigenvalue weighted by atomic mass is 16.3. The first kappa shape index (κ1) is 20.4. The van der Waals surface area contributed by atoms with Crippen LogP contribution in [-0.4, -0.2) is 36.8 Å². The van der Waals surface area contributed by atoms with Crippen molar-refractivity contribution in [2.45, 2.75) is 45.2 Å². The number of nitrogens with two attached hydrogens (primary N) is 2. The molecule has 6 nitrogen and oxygen atoms in total. The third-order valence-electron chi connectivity index (χ3n) is 3.85. The Hall–Kier alpha value is -1.60. The maximum atomic E-state index is 9.31. The zero-order valence-electron chi connectivity index (χ0n) is 14.9. The van der Waals surface area contributed by atoms with E-state index in [-0.39, 0.29) is 11.8 Å². The van der Waals surface area contributed by atoms with Crippen molar-refractivity contribution >= 4 is 0 Å². The first-order chi connectivity index (χ1) is 11.5. The number of hydrogen-bond donors (Lipinski definition) is 6. The van der Waals surface area contributed by atoms with Crippen molar-refractivity contribution in [1.29, 1.82) is 0 Å². The molecule has 24 heavy (non-hydrogen) atoms. The summed E-state index contributed by atoms with van der Waals surface area (Å²) in [5.41, 5.74) is 10.9. The number of hydrazine groups is 1. The molecule has 0 spiro atoms. The lowest BCUT2D eigenvalue weighted by atomic mass is 10.1. The maximum absolute atomic E-state index is 9.31. The number of rotatable bonds is 12. The van der Waals surface area contributed by atoms with Crippen LogP contribution < -0.4 is 27.6 Å². The number of allylic oxidation sites excluding steroid dienone is 1. The highest BCUT2D eigenvalue weighted by Crippen LogP contribution is 2.10. The Kier molecular flexibility index (Phi) is 10.1. The summed E-state index contributed by atoms with van der Waals surface area (Å²) in [6.45, 7) is 6.78. The molecule has 1 aromatic rings. The molecule has 0 fully saturated rings. The molecule has 0 heterocycles. The van der Waals surface area contributed by atoms with Gasteiger partial charge in [-0.25, -0.2) is 0 Å². The summed E-state index contributed by atoms with van der Waals surface area (Å²) in [5.74, 6) is 5.90. The van der Waals surface area contributed by atoms with Gasteiger partial charge in [0.25, 0.3) is 0 Å². The Labute approximate surface area is 145 Å². The van der Waals surface area contributed by atoms with Crippen LogP contribution in [0.5, 0.6) is 5.75 Å². The first-order valence-corrected chi connectivity index (χ1v) is 8.67. The normalized spacial score (nSPS) is 14.5. The summed E-state index contributed by atoms with van der Waals surface area (Å²) in [5, 5.41) is 16.2. The molecule has 0 aliphatic rings. The minimum atomic E-state index is 0.148. The van der Waals surface area contributed by atoms with Crippen molar-refractivity contribution in [3.05, 3.63) is 41.6 Å². The SMILES string of the molecule is CC/C=C(\N)CC(C)NCCNCC(Cc1ccc(O)cc1)NN. The van der Waals surface area contributed by atoms with E-state index in [0.717, 1.165) is 50.2 Å². The fraction of sp³-hybridized carbons (Fsp3) is 0.556. The van der Waals surface area contributed by atoms with Gasteiger partial charge in [0.05, 0.1) is 0 Å². The van der Waals surface area contributed by atoms with Crippen LogP contribution in [0.4, 0.5) is 0 Å². The Morgan fingerprint density at radius 2 is 1.96 bits per heavy atom. The van der Waals surface area contributed by atoms with Gasteiger partial charge in [0.2, 0.25) is 0 Å². The van der Waals surface area contributed by atoms with E-state index in [1.165, 1.54) is 0 Å². The second-order valence-corrected chi connectivity index (χ2v) is 6.18. The lowest BCUT2D eigenvalue weighted by molar-refractivity contribution is 0.463. The zero-order valence-corrected chi connectivity index (χ0v) is 14.9. The second-order valence-electron chi connectivity index (χ2n) is 6.18. The van der Waals surface area contributed by atoms with E-state index in [4.69, 9.17) is 11.6 Å². The fourth-order valence-electron chi connectivity index (χ4n) is 2.56. The lowest BCUT2D eigenvalue weighted by Crippen LogP contribution is -2.45. The van der Waals surface area contributed by atoms with Gasteiger partial charge in [0, 0.05) is 43.8 Å². The van der Waals surface area contributed by atoms with Crippen LogP contribution in [0.25, 0.3) is 0 Å². The van der Waals surface area contributed by atoms with Crippen LogP contribution in [0.2, 0.25) is 0 Å². The Bertz CT molecular complexity index is 475. The molecular formula is C18H33N5O. The summed E-state index contributed by atoms with van der Waals surface area (Å²) in [4.78, 5) is 0. The van der Waals surface area contributed by atoms with E-state index in [2.05, 4.69) is 36.0 Å². The van der Waals surface area contributed by atoms with Gasteiger partial charge in [-0.1, -0.05) is 25.1 Å². The van der Waals surface area contributed by atoms with Crippen molar-refractivity contribution in [3.63, 3.8) is 0 Å². The molecule has 2 unspecified atom stereocenters. The largest absolute Gasteiger partial charge is 0.508 e. The zero-order chi connectivity index (χ0) is 17.8. The van der Waals surface area contributed by atoms with Crippen molar-refractivity contribution in [2.24, 2.45) is 11.6 Å². The Balaban J connectivity index is 2.18. The van der Waals surface area contributed by atoms with Crippen molar-refractivity contribution in [3.8, 4) is 5.75 Å². The second kappa shape index (κ2) is 11.9. The predicted molar refractivity (Wildman–Crippen MR) is 100 cm³/mol. The Morgan fingerprint density at radius 3 is 2.58 bits per heavy atom. The summed E-state index contributed by atoms with van der Waals surface area (Å²) >= 11 is 0. The van der Waals surface area contributed by atoms with Gasteiger partial charge >= 0.3 is 0 Å². The highest BCUT2D eigenvalue weighted by Gasteiger charge is 2.08. The highest BCUT2D eigenvalue weighted by molar-refractivity contribution is 5.26. The molecule has 0 aliphatic carbocycles. The molecule has 0 amide bonds. The van der Waals surface area contributed by atoms with Gasteiger partial charge in [-0.15, -0.1) is 0 Å². The lowest BCUT2D eigenvalue weighted by Gasteiger charge is -2.18. The average molecular weight is 335 g/mol. The quantitative estimate of drug-likeness (QED) is 0.193. The summed E-state index contributed by atoms with van der Waals surface area (Å²) in [6, 6.07) is 7.74. The first-order valence-electron chi connectivity index (χ1n) is 8.67. The molecule has 1 aromatic carbocycles. The number of aromatic hydroxyl groups is 1. The molecule has 0 bridgehead atoms. The number of phenolic OH excluding ortho intramolecular Hbond substituents is 1. The number of benzene rings is 1. The topological polar surface area (TPSA) is 108 Å². The monoisotopic (exact) mass is 335 g/mol. The van der Waals surface area contributed by atoms with Gasteiger partial charge in [0.1, 0.15) is 5.75 Å². The van der Waals surface area contributed by atoms with Gasteiger partial charge in [0.15, 0.2) is 0 Å². The minimum absolute atomic E-state index is 0.148. The van der Waals surface area contributed by atoms with E-state index in [1.54, 1.807) is 12.1 Å². The van der Waals surface area contributed by atoms with Crippen molar-refractivity contribution in [1.82, 2.24) is 16.1 Å². The van der Waals surface area contributed by atoms with Crippen LogP contribution in [0.1, 0.15) is 32.3 Å². The smallest absolute Gasteiger partial charge is 0.115 e. The standard InChI is InChI=1S/C18H33N5O/c1-3-4-16(19)11-14(2)22-10-9-21-13-17(23-20)12-15-5-7-18(24)8-6-15/h4-8,14,17,21-24H,3,9-13,19-20H2,1-2H3/b16-4-. The van der Waals surface area contributed by atoms with Crippen LogP contribution in [0.3, 0.4) is 0 Å². The molecular weight excluding hydrogens is 302 g/mol. The van der Waals surface area contributed by atoms with Crippen LogP contribution >= 0.6 is 0 Å². The number of nitrogens with one attached hydrogen (secondary N) is 3. The summed E-state index contributed by atoms with van der Waals surface area (Å²) < 4.78 is 0. The van der Waals surface area contributed by atoms with Crippen LogP contribution in [0, 0.1) is 0 Å². The van der Waals surface area contributed by atoms with Crippen molar-refractivity contribution in [2.75, 3.05) is 19.6 Å². The van der Waals surface area contributed by atoms with E-state index in [0.29, 0.717) is 6.04 Å². The van der Waals surface area contributed by atoms with E-state index in [9.17, 15) is 5.11 Å². The van der Waals surface area contributed by atoms with E-state index >= 15 is 0 Å². The van der Waals surface area contributed by atoms with Gasteiger partial charge in [-0.05, 0) is 37.5 Å². The van der Waals surface area contributed by atoms with Crippen LogP contribution in [0.15, 0.2) is 36.0 Å². The predicted octanol–water partition coefficient (Wildman–Crippen LogP) is 0.977. The Morgan fingerprint density at radius 1 is 1.25 bits per heavy atom. The van der Waals surface area contributed by atoms with Gasteiger partial charge in [-0.3, -0.25) is 11.3 Å². The fourth-order valence-corrected chi connectivity index (χ4v) is 2.56. The van der Waals surface area contributed by atoms with Gasteiger partial charge < -0.3 is 21.5 Å². The summed E-state index contributed by atoms with van der Waals surface area (Å²) in [6.07, 6.45) is 4.74. The average Bonchev–Trinajstić information content (AvgIpc) is 2.55. The van der Waals surface area contributed by atoms with Crippen LogP contribution in [-0.2, 0) is 6.42 Å². The molecule has 0 aromatic heterocycles. The molecule has 0 saturated carbocycles. The maximum Gasteiger partial charge on any atom is 0.115 e. The third-order valence-corrected chi connectivity index (χ3v) is 3.85. The molecule has 1 rings (SSSR count).